The van der Waals surface area contributed by atoms with Crippen LogP contribution in [0.25, 0.3) is 11.0 Å². The number of ether oxygens (including phenoxy) is 1. The number of sulfonamides is 1. The third kappa shape index (κ3) is 3.68. The van der Waals surface area contributed by atoms with Crippen LogP contribution in [0, 0.1) is 0 Å². The Bertz CT molecular complexity index is 745. The second kappa shape index (κ2) is 6.23. The lowest BCUT2D eigenvalue weighted by Crippen LogP contribution is -2.30. The van der Waals surface area contributed by atoms with E-state index in [0.29, 0.717) is 5.39 Å². The molecule has 1 N–H and O–H groups in total. The van der Waals surface area contributed by atoms with Gasteiger partial charge in [0.2, 0.25) is 5.09 Å². The van der Waals surface area contributed by atoms with Gasteiger partial charge in [0.15, 0.2) is 0 Å². The van der Waals surface area contributed by atoms with Gasteiger partial charge in [-0.2, -0.15) is 4.72 Å². The standard InChI is InChI=1S/C12H11Cl2NO5S/c1-2-19-11(16)6-15-21(17,18)12-4-7-3-8(13)9(14)5-10(7)20-12/h3-5,15H,2,6H2,1H3. The summed E-state index contributed by atoms with van der Waals surface area (Å²) in [5.41, 5.74) is 0.279. The van der Waals surface area contributed by atoms with Crippen molar-refractivity contribution in [1.29, 1.82) is 0 Å². The molecule has 0 saturated carbocycles. The van der Waals surface area contributed by atoms with E-state index < -0.39 is 22.5 Å². The van der Waals surface area contributed by atoms with Gasteiger partial charge in [0.25, 0.3) is 10.0 Å². The highest BCUT2D eigenvalue weighted by atomic mass is 35.5. The fourth-order valence-corrected chi connectivity index (χ4v) is 2.84. The summed E-state index contributed by atoms with van der Waals surface area (Å²) >= 11 is 11.7. The van der Waals surface area contributed by atoms with Crippen molar-refractivity contribution in [2.45, 2.75) is 12.0 Å². The highest BCUT2D eigenvalue weighted by molar-refractivity contribution is 7.89. The Morgan fingerprint density at radius 1 is 1.29 bits per heavy atom. The molecule has 1 heterocycles. The molecule has 0 bridgehead atoms. The molecular formula is C12H11Cl2NO5S. The number of hydrogen-bond acceptors (Lipinski definition) is 5. The number of carbonyl (C=O) groups excluding carboxylic acids is 1. The van der Waals surface area contributed by atoms with Crippen LogP contribution in [0.5, 0.6) is 0 Å². The van der Waals surface area contributed by atoms with Gasteiger partial charge >= 0.3 is 5.97 Å². The van der Waals surface area contributed by atoms with E-state index in [1.54, 1.807) is 6.92 Å². The van der Waals surface area contributed by atoms with E-state index in [4.69, 9.17) is 27.6 Å². The lowest BCUT2D eigenvalue weighted by Gasteiger charge is -2.03. The van der Waals surface area contributed by atoms with Crippen LogP contribution < -0.4 is 4.72 Å². The van der Waals surface area contributed by atoms with Crippen LogP contribution in [0.1, 0.15) is 6.92 Å². The number of carbonyl (C=O) groups is 1. The Balaban J connectivity index is 2.26. The topological polar surface area (TPSA) is 85.6 Å². The number of halogens is 2. The first-order valence-electron chi connectivity index (χ1n) is 5.87. The van der Waals surface area contributed by atoms with Gasteiger partial charge in [0.05, 0.1) is 16.7 Å². The van der Waals surface area contributed by atoms with Crippen molar-refractivity contribution in [2.75, 3.05) is 13.2 Å². The van der Waals surface area contributed by atoms with Gasteiger partial charge in [-0.3, -0.25) is 4.79 Å². The normalized spacial score (nSPS) is 11.8. The van der Waals surface area contributed by atoms with Crippen LogP contribution in [-0.2, 0) is 19.6 Å². The first-order chi connectivity index (χ1) is 9.83. The van der Waals surface area contributed by atoms with Crippen LogP contribution in [0.2, 0.25) is 10.0 Å². The second-order valence-corrected chi connectivity index (χ2v) is 6.51. The summed E-state index contributed by atoms with van der Waals surface area (Å²) in [6.07, 6.45) is 0. The van der Waals surface area contributed by atoms with Crippen molar-refractivity contribution in [3.8, 4) is 0 Å². The molecule has 1 aromatic heterocycles. The fraction of sp³-hybridized carbons (Fsp3) is 0.250. The van der Waals surface area contributed by atoms with Crippen LogP contribution in [0.4, 0.5) is 0 Å². The number of nitrogens with one attached hydrogen (secondary N) is 1. The molecule has 0 aliphatic heterocycles. The molecule has 0 aliphatic carbocycles. The SMILES string of the molecule is CCOC(=O)CNS(=O)(=O)c1cc2cc(Cl)c(Cl)cc2o1. The second-order valence-electron chi connectivity index (χ2n) is 4.00. The van der Waals surface area contributed by atoms with Gasteiger partial charge in [0.1, 0.15) is 12.1 Å². The van der Waals surface area contributed by atoms with Crippen LogP contribution in [0.15, 0.2) is 27.7 Å². The zero-order valence-electron chi connectivity index (χ0n) is 10.9. The molecule has 21 heavy (non-hydrogen) atoms. The van der Waals surface area contributed by atoms with E-state index in [0.717, 1.165) is 0 Å². The van der Waals surface area contributed by atoms with Crippen molar-refractivity contribution in [3.05, 3.63) is 28.2 Å². The van der Waals surface area contributed by atoms with Crippen LogP contribution >= 0.6 is 23.2 Å². The highest BCUT2D eigenvalue weighted by Gasteiger charge is 2.21. The van der Waals surface area contributed by atoms with Gasteiger partial charge < -0.3 is 9.15 Å². The average molecular weight is 352 g/mol. The molecule has 0 radical (unpaired) electrons. The number of hydrogen-bond donors (Lipinski definition) is 1. The van der Waals surface area contributed by atoms with Gasteiger partial charge in [-0.05, 0) is 13.0 Å². The lowest BCUT2D eigenvalue weighted by molar-refractivity contribution is -0.141. The maximum Gasteiger partial charge on any atom is 0.321 e. The molecule has 0 fully saturated rings. The minimum Gasteiger partial charge on any atom is -0.465 e. The van der Waals surface area contributed by atoms with E-state index in [1.165, 1.54) is 18.2 Å². The Morgan fingerprint density at radius 3 is 2.62 bits per heavy atom. The molecular weight excluding hydrogens is 341 g/mol. The first-order valence-corrected chi connectivity index (χ1v) is 8.11. The maximum atomic E-state index is 12.0. The van der Waals surface area contributed by atoms with E-state index in [2.05, 4.69) is 9.46 Å². The third-order valence-electron chi connectivity index (χ3n) is 2.51. The summed E-state index contributed by atoms with van der Waals surface area (Å²) in [6, 6.07) is 4.21. The first kappa shape index (κ1) is 16.1. The molecule has 114 valence electrons. The zero-order chi connectivity index (χ0) is 15.6. The van der Waals surface area contributed by atoms with Gasteiger partial charge in [0, 0.05) is 17.5 Å². The van der Waals surface area contributed by atoms with Gasteiger partial charge in [-0.1, -0.05) is 23.2 Å². The minimum absolute atomic E-state index is 0.169. The summed E-state index contributed by atoms with van der Waals surface area (Å²) < 4.78 is 35.9. The Hall–Kier alpha value is -1.28. The number of benzene rings is 1. The fourth-order valence-electron chi connectivity index (χ4n) is 1.58. The molecule has 2 aromatic rings. The highest BCUT2D eigenvalue weighted by Crippen LogP contribution is 2.31. The molecule has 0 saturated heterocycles. The van der Waals surface area contributed by atoms with Crippen molar-refractivity contribution in [1.82, 2.24) is 4.72 Å². The van der Waals surface area contributed by atoms with Gasteiger partial charge in [-0.25, -0.2) is 8.42 Å². The quantitative estimate of drug-likeness (QED) is 0.836. The molecule has 0 aliphatic rings. The maximum absolute atomic E-state index is 12.0. The summed E-state index contributed by atoms with van der Waals surface area (Å²) in [4.78, 5) is 11.2. The van der Waals surface area contributed by atoms with E-state index in [9.17, 15) is 13.2 Å². The number of esters is 1. The summed E-state index contributed by atoms with van der Waals surface area (Å²) in [7, 11) is -3.96. The monoisotopic (exact) mass is 351 g/mol. The molecule has 6 nitrogen and oxygen atoms in total. The average Bonchev–Trinajstić information content (AvgIpc) is 2.81. The largest absolute Gasteiger partial charge is 0.465 e. The number of furan rings is 1. The van der Waals surface area contributed by atoms with E-state index in [-0.39, 0.29) is 27.3 Å². The molecule has 1 aromatic carbocycles. The third-order valence-corrected chi connectivity index (χ3v) is 4.49. The lowest BCUT2D eigenvalue weighted by atomic mass is 10.3. The van der Waals surface area contributed by atoms with Gasteiger partial charge in [-0.15, -0.1) is 0 Å². The minimum atomic E-state index is -3.96. The molecule has 2 rings (SSSR count). The predicted molar refractivity (Wildman–Crippen MR) is 78.1 cm³/mol. The van der Waals surface area contributed by atoms with Crippen LogP contribution in [-0.4, -0.2) is 27.5 Å². The molecule has 0 amide bonds. The summed E-state index contributed by atoms with van der Waals surface area (Å²) in [5, 5.41) is 0.691. The smallest absolute Gasteiger partial charge is 0.321 e. The molecule has 0 atom stereocenters. The number of fused-ring (bicyclic) bond motifs is 1. The Kier molecular flexibility index (Phi) is 4.77. The van der Waals surface area contributed by atoms with Crippen molar-refractivity contribution >= 4 is 50.2 Å². The van der Waals surface area contributed by atoms with Crippen molar-refractivity contribution in [2.24, 2.45) is 0 Å². The Morgan fingerprint density at radius 2 is 1.95 bits per heavy atom. The predicted octanol–water partition coefficient (Wildman–Crippen LogP) is 2.58. The molecule has 0 unspecified atom stereocenters. The molecule has 0 spiro atoms. The zero-order valence-corrected chi connectivity index (χ0v) is 13.2. The Labute approximate surface area is 131 Å². The van der Waals surface area contributed by atoms with E-state index >= 15 is 0 Å². The summed E-state index contributed by atoms with van der Waals surface area (Å²) in [5.74, 6) is -0.678. The van der Waals surface area contributed by atoms with Crippen LogP contribution in [0.3, 0.4) is 0 Å². The summed E-state index contributed by atoms with van der Waals surface area (Å²) in [6.45, 7) is 1.32. The number of rotatable bonds is 5. The van der Waals surface area contributed by atoms with E-state index in [1.807, 2.05) is 0 Å². The van der Waals surface area contributed by atoms with Crippen molar-refractivity contribution in [3.63, 3.8) is 0 Å². The van der Waals surface area contributed by atoms with Crippen molar-refractivity contribution < 1.29 is 22.4 Å². The molecule has 9 heteroatoms.